The highest BCUT2D eigenvalue weighted by atomic mass is 35.5. The number of benzene rings is 1. The van der Waals surface area contributed by atoms with E-state index in [0.29, 0.717) is 16.5 Å². The largest absolute Gasteiger partial charge is 0.454 e. The maximum atomic E-state index is 9.29. The Bertz CT molecular complexity index is 388. The molecule has 0 spiro atoms. The summed E-state index contributed by atoms with van der Waals surface area (Å²) in [5.74, 6) is 1.24. The molecule has 2 rings (SSSR count). The number of hydrogen-bond donors (Lipinski definition) is 1. The molecule has 0 unspecified atom stereocenters. The van der Waals surface area contributed by atoms with E-state index in [1.165, 1.54) is 0 Å². The first-order valence-corrected chi connectivity index (χ1v) is 5.13. The van der Waals surface area contributed by atoms with Gasteiger partial charge in [-0.1, -0.05) is 31.5 Å². The van der Waals surface area contributed by atoms with Gasteiger partial charge in [0.05, 0.1) is 11.6 Å². The van der Waals surface area contributed by atoms with Crippen molar-refractivity contribution in [2.75, 3.05) is 13.4 Å². The van der Waals surface area contributed by atoms with Crippen LogP contribution in [0.1, 0.15) is 19.4 Å². The summed E-state index contributed by atoms with van der Waals surface area (Å²) in [5, 5.41) is 9.82. The highest BCUT2D eigenvalue weighted by Gasteiger charge is 2.27. The lowest BCUT2D eigenvalue weighted by atomic mass is 9.85. The standard InChI is InChI=1S/C11H13ClO3/c1-11(2,5-13)7-3-4-8-10(9(7)12)15-6-14-8/h3-4,13H,5-6H2,1-2H3. The lowest BCUT2D eigenvalue weighted by Crippen LogP contribution is -2.22. The van der Waals surface area contributed by atoms with Crippen molar-refractivity contribution in [1.29, 1.82) is 0 Å². The first kappa shape index (κ1) is 10.6. The SMILES string of the molecule is CC(C)(CO)c1ccc2c(c1Cl)OCO2. The van der Waals surface area contributed by atoms with E-state index in [-0.39, 0.29) is 18.8 Å². The molecule has 1 aliphatic rings. The number of aliphatic hydroxyl groups is 1. The van der Waals surface area contributed by atoms with Crippen LogP contribution in [-0.4, -0.2) is 18.5 Å². The van der Waals surface area contributed by atoms with E-state index in [4.69, 9.17) is 21.1 Å². The zero-order chi connectivity index (χ0) is 11.1. The molecular weight excluding hydrogens is 216 g/mol. The maximum Gasteiger partial charge on any atom is 0.231 e. The molecule has 1 N–H and O–H groups in total. The van der Waals surface area contributed by atoms with Crippen molar-refractivity contribution in [1.82, 2.24) is 0 Å². The van der Waals surface area contributed by atoms with Crippen LogP contribution >= 0.6 is 11.6 Å². The van der Waals surface area contributed by atoms with Crippen molar-refractivity contribution in [3.05, 3.63) is 22.7 Å². The number of hydrogen-bond acceptors (Lipinski definition) is 3. The summed E-state index contributed by atoms with van der Waals surface area (Å²) in [6.07, 6.45) is 0. The molecule has 82 valence electrons. The predicted molar refractivity (Wildman–Crippen MR) is 57.7 cm³/mol. The number of halogens is 1. The van der Waals surface area contributed by atoms with Gasteiger partial charge in [0.15, 0.2) is 11.5 Å². The molecule has 0 radical (unpaired) electrons. The molecule has 0 atom stereocenters. The van der Waals surface area contributed by atoms with Gasteiger partial charge in [-0.2, -0.15) is 0 Å². The Balaban J connectivity index is 2.51. The van der Waals surface area contributed by atoms with Gasteiger partial charge in [-0.25, -0.2) is 0 Å². The van der Waals surface area contributed by atoms with Crippen molar-refractivity contribution in [2.45, 2.75) is 19.3 Å². The second-order valence-electron chi connectivity index (χ2n) is 4.20. The van der Waals surface area contributed by atoms with Crippen LogP contribution in [0, 0.1) is 0 Å². The van der Waals surface area contributed by atoms with Crippen molar-refractivity contribution < 1.29 is 14.6 Å². The van der Waals surface area contributed by atoms with Gasteiger partial charge >= 0.3 is 0 Å². The van der Waals surface area contributed by atoms with E-state index in [2.05, 4.69) is 0 Å². The Morgan fingerprint density at radius 2 is 2.13 bits per heavy atom. The van der Waals surface area contributed by atoms with Crippen molar-refractivity contribution in [3.63, 3.8) is 0 Å². The lowest BCUT2D eigenvalue weighted by Gasteiger charge is -2.23. The van der Waals surface area contributed by atoms with Gasteiger partial charge in [0.25, 0.3) is 0 Å². The normalized spacial score (nSPS) is 14.4. The summed E-state index contributed by atoms with van der Waals surface area (Å²) in [5.41, 5.74) is 0.494. The van der Waals surface area contributed by atoms with E-state index in [1.54, 1.807) is 0 Å². The Kier molecular flexibility index (Phi) is 2.52. The lowest BCUT2D eigenvalue weighted by molar-refractivity contribution is 0.174. The van der Waals surface area contributed by atoms with Crippen LogP contribution < -0.4 is 9.47 Å². The highest BCUT2D eigenvalue weighted by Crippen LogP contribution is 2.44. The zero-order valence-electron chi connectivity index (χ0n) is 8.71. The van der Waals surface area contributed by atoms with Gasteiger partial charge < -0.3 is 14.6 Å². The third kappa shape index (κ3) is 1.66. The topological polar surface area (TPSA) is 38.7 Å². The molecule has 0 bridgehead atoms. The van der Waals surface area contributed by atoms with Crippen LogP contribution in [0.5, 0.6) is 11.5 Å². The molecule has 0 amide bonds. The van der Waals surface area contributed by atoms with Crippen LogP contribution in [0.25, 0.3) is 0 Å². The van der Waals surface area contributed by atoms with Gasteiger partial charge in [-0.3, -0.25) is 0 Å². The van der Waals surface area contributed by atoms with Crippen LogP contribution in [-0.2, 0) is 5.41 Å². The minimum atomic E-state index is -0.377. The Hall–Kier alpha value is -0.930. The number of ether oxygens (including phenoxy) is 2. The summed E-state index contributed by atoms with van der Waals surface area (Å²) < 4.78 is 10.5. The van der Waals surface area contributed by atoms with Crippen LogP contribution in [0.15, 0.2) is 12.1 Å². The third-order valence-electron chi connectivity index (χ3n) is 2.60. The molecule has 4 heteroatoms. The minimum Gasteiger partial charge on any atom is -0.454 e. The van der Waals surface area contributed by atoms with Crippen molar-refractivity contribution >= 4 is 11.6 Å². The van der Waals surface area contributed by atoms with Crippen molar-refractivity contribution in [3.8, 4) is 11.5 Å². The maximum absolute atomic E-state index is 9.29. The number of fused-ring (bicyclic) bond motifs is 1. The zero-order valence-corrected chi connectivity index (χ0v) is 9.47. The van der Waals surface area contributed by atoms with Gasteiger partial charge in [0.1, 0.15) is 0 Å². The minimum absolute atomic E-state index is 0.0341. The second-order valence-corrected chi connectivity index (χ2v) is 4.58. The van der Waals surface area contributed by atoms with Crippen LogP contribution in [0.2, 0.25) is 5.02 Å². The Morgan fingerprint density at radius 3 is 2.80 bits per heavy atom. The predicted octanol–water partition coefficient (Wildman–Crippen LogP) is 2.34. The Morgan fingerprint density at radius 1 is 1.40 bits per heavy atom. The molecule has 15 heavy (non-hydrogen) atoms. The van der Waals surface area contributed by atoms with Gasteiger partial charge in [0, 0.05) is 5.41 Å². The van der Waals surface area contributed by atoms with E-state index < -0.39 is 0 Å². The van der Waals surface area contributed by atoms with Crippen LogP contribution in [0.3, 0.4) is 0 Å². The fraction of sp³-hybridized carbons (Fsp3) is 0.455. The van der Waals surface area contributed by atoms with Gasteiger partial charge in [-0.05, 0) is 11.6 Å². The first-order chi connectivity index (χ1) is 7.06. The molecule has 0 aromatic heterocycles. The summed E-state index contributed by atoms with van der Waals surface area (Å²) in [4.78, 5) is 0. The molecule has 1 aromatic rings. The summed E-state index contributed by atoms with van der Waals surface area (Å²) >= 11 is 6.20. The van der Waals surface area contributed by atoms with Crippen LogP contribution in [0.4, 0.5) is 0 Å². The Labute approximate surface area is 93.6 Å². The molecule has 1 aromatic carbocycles. The molecule has 0 aliphatic carbocycles. The molecule has 1 heterocycles. The van der Waals surface area contributed by atoms with E-state index in [1.807, 2.05) is 26.0 Å². The van der Waals surface area contributed by atoms with Crippen molar-refractivity contribution in [2.24, 2.45) is 0 Å². The molecular formula is C11H13ClO3. The second kappa shape index (κ2) is 3.58. The third-order valence-corrected chi connectivity index (χ3v) is 2.98. The molecule has 1 aliphatic heterocycles. The highest BCUT2D eigenvalue weighted by molar-refractivity contribution is 6.33. The summed E-state index contributed by atoms with van der Waals surface area (Å²) in [7, 11) is 0. The van der Waals surface area contributed by atoms with E-state index >= 15 is 0 Å². The fourth-order valence-corrected chi connectivity index (χ4v) is 2.01. The number of aliphatic hydroxyl groups excluding tert-OH is 1. The first-order valence-electron chi connectivity index (χ1n) is 4.76. The summed E-state index contributed by atoms with van der Waals surface area (Å²) in [6.45, 7) is 4.09. The van der Waals surface area contributed by atoms with E-state index in [0.717, 1.165) is 5.56 Å². The average Bonchev–Trinajstić information content (AvgIpc) is 2.66. The number of rotatable bonds is 2. The average molecular weight is 229 g/mol. The quantitative estimate of drug-likeness (QED) is 0.845. The van der Waals surface area contributed by atoms with Gasteiger partial charge in [0.2, 0.25) is 6.79 Å². The molecule has 0 saturated carbocycles. The smallest absolute Gasteiger partial charge is 0.231 e. The molecule has 0 fully saturated rings. The van der Waals surface area contributed by atoms with Gasteiger partial charge in [-0.15, -0.1) is 0 Å². The van der Waals surface area contributed by atoms with E-state index in [9.17, 15) is 5.11 Å². The fourth-order valence-electron chi connectivity index (χ4n) is 1.55. The summed E-state index contributed by atoms with van der Waals surface area (Å²) in [6, 6.07) is 3.69. The monoisotopic (exact) mass is 228 g/mol. The molecule has 0 saturated heterocycles. The molecule has 3 nitrogen and oxygen atoms in total.